The van der Waals surface area contributed by atoms with E-state index in [9.17, 15) is 18.0 Å². The lowest BCUT2D eigenvalue weighted by Crippen LogP contribution is -2.38. The molecule has 0 saturated carbocycles. The van der Waals surface area contributed by atoms with E-state index in [1.54, 1.807) is 30.3 Å². The number of rotatable bonds is 5. The molecular formula is C21H23BrN2O4S. The lowest BCUT2D eigenvalue weighted by Gasteiger charge is -2.29. The third-order valence-electron chi connectivity index (χ3n) is 5.06. The van der Waals surface area contributed by atoms with Crippen LogP contribution < -0.4 is 5.32 Å². The second-order valence-corrected chi connectivity index (χ2v) is 10.2. The van der Waals surface area contributed by atoms with Crippen LogP contribution in [0.3, 0.4) is 0 Å². The van der Waals surface area contributed by atoms with Gasteiger partial charge in [-0.15, -0.1) is 0 Å². The second-order valence-electron chi connectivity index (χ2n) is 7.35. The maximum Gasteiger partial charge on any atom is 0.255 e. The van der Waals surface area contributed by atoms with Gasteiger partial charge in [-0.25, -0.2) is 8.42 Å². The molecule has 0 atom stereocenters. The van der Waals surface area contributed by atoms with Crippen molar-refractivity contribution < 1.29 is 18.0 Å². The number of benzene rings is 2. The molecule has 154 valence electrons. The highest BCUT2D eigenvalue weighted by Crippen LogP contribution is 2.27. The van der Waals surface area contributed by atoms with Gasteiger partial charge in [0.25, 0.3) is 5.91 Å². The Balaban J connectivity index is 1.82. The molecule has 3 rings (SSSR count). The number of nitrogens with zero attached hydrogens (tertiary/aromatic N) is 1. The summed E-state index contributed by atoms with van der Waals surface area (Å²) in [5.41, 5.74) is 1.31. The van der Waals surface area contributed by atoms with Crippen molar-refractivity contribution in [3.63, 3.8) is 0 Å². The summed E-state index contributed by atoms with van der Waals surface area (Å²) in [5, 5.41) is 2.74. The zero-order chi connectivity index (χ0) is 21.2. The summed E-state index contributed by atoms with van der Waals surface area (Å²) in [6.07, 6.45) is 1.66. The van der Waals surface area contributed by atoms with Crippen LogP contribution in [-0.2, 0) is 10.0 Å². The summed E-state index contributed by atoms with van der Waals surface area (Å²) in [6.45, 7) is 4.56. The van der Waals surface area contributed by atoms with Gasteiger partial charge < -0.3 is 5.32 Å². The number of carbonyl (C=O) groups excluding carboxylic acids is 2. The first-order chi connectivity index (χ1) is 13.7. The van der Waals surface area contributed by atoms with Crippen LogP contribution in [0.1, 0.15) is 47.4 Å². The van der Waals surface area contributed by atoms with Gasteiger partial charge in [0.1, 0.15) is 0 Å². The summed E-state index contributed by atoms with van der Waals surface area (Å²) in [6, 6.07) is 11.0. The first kappa shape index (κ1) is 21.7. The highest BCUT2D eigenvalue weighted by molar-refractivity contribution is 9.10. The van der Waals surface area contributed by atoms with Crippen LogP contribution in [0, 0.1) is 5.92 Å². The Morgan fingerprint density at radius 2 is 1.66 bits per heavy atom. The van der Waals surface area contributed by atoms with Gasteiger partial charge in [0, 0.05) is 34.4 Å². The van der Waals surface area contributed by atoms with Crippen molar-refractivity contribution in [3.05, 3.63) is 58.1 Å². The fourth-order valence-corrected chi connectivity index (χ4v) is 5.39. The Kier molecular flexibility index (Phi) is 6.55. The van der Waals surface area contributed by atoms with Crippen LogP contribution in [-0.4, -0.2) is 37.5 Å². The molecule has 0 radical (unpaired) electrons. The van der Waals surface area contributed by atoms with Crippen molar-refractivity contribution in [3.8, 4) is 0 Å². The molecule has 1 N–H and O–H groups in total. The first-order valence-corrected chi connectivity index (χ1v) is 11.6. The predicted octanol–water partition coefficient (Wildman–Crippen LogP) is 4.32. The third kappa shape index (κ3) is 5.12. The summed E-state index contributed by atoms with van der Waals surface area (Å²) in [7, 11) is -3.67. The molecule has 1 heterocycles. The summed E-state index contributed by atoms with van der Waals surface area (Å²) in [4.78, 5) is 24.1. The number of hydrogen-bond donors (Lipinski definition) is 1. The topological polar surface area (TPSA) is 83.5 Å². The maximum atomic E-state index is 13.0. The Labute approximate surface area is 179 Å². The van der Waals surface area contributed by atoms with Crippen LogP contribution in [0.2, 0.25) is 0 Å². The van der Waals surface area contributed by atoms with Crippen LogP contribution in [0.25, 0.3) is 0 Å². The molecule has 29 heavy (non-hydrogen) atoms. The third-order valence-corrected chi connectivity index (χ3v) is 7.40. The van der Waals surface area contributed by atoms with Gasteiger partial charge in [-0.05, 0) is 68.1 Å². The van der Waals surface area contributed by atoms with E-state index in [1.165, 1.54) is 23.4 Å². The number of Topliss-reactive ketones (excluding diaryl/α,β-unsaturated/α-hetero) is 1. The molecule has 1 aliphatic rings. The molecule has 8 heteroatoms. The number of nitrogens with one attached hydrogen (secondary N) is 1. The Morgan fingerprint density at radius 3 is 2.24 bits per heavy atom. The minimum absolute atomic E-state index is 0.0585. The summed E-state index contributed by atoms with van der Waals surface area (Å²) < 4.78 is 28.0. The summed E-state index contributed by atoms with van der Waals surface area (Å²) in [5.74, 6) is 0.0297. The van der Waals surface area contributed by atoms with Crippen molar-refractivity contribution in [2.24, 2.45) is 5.92 Å². The van der Waals surface area contributed by atoms with Gasteiger partial charge in [-0.1, -0.05) is 22.9 Å². The van der Waals surface area contributed by atoms with E-state index >= 15 is 0 Å². The molecule has 2 aromatic carbocycles. The SMILES string of the molecule is CC(=O)c1ccc(NC(=O)c2cc(Br)cc(S(=O)(=O)N3CCC(C)CC3)c2)cc1. The second kappa shape index (κ2) is 8.77. The minimum Gasteiger partial charge on any atom is -0.322 e. The highest BCUT2D eigenvalue weighted by Gasteiger charge is 2.29. The van der Waals surface area contributed by atoms with E-state index in [0.29, 0.717) is 34.7 Å². The van der Waals surface area contributed by atoms with E-state index in [4.69, 9.17) is 0 Å². The fraction of sp³-hybridized carbons (Fsp3) is 0.333. The van der Waals surface area contributed by atoms with Gasteiger partial charge in [0.15, 0.2) is 5.78 Å². The molecule has 1 fully saturated rings. The van der Waals surface area contributed by atoms with Crippen molar-refractivity contribution in [2.45, 2.75) is 31.6 Å². The number of ketones is 1. The Morgan fingerprint density at radius 1 is 1.03 bits per heavy atom. The van der Waals surface area contributed by atoms with Gasteiger partial charge in [0.2, 0.25) is 10.0 Å². The lowest BCUT2D eigenvalue weighted by molar-refractivity contribution is 0.101. The van der Waals surface area contributed by atoms with Gasteiger partial charge in [0.05, 0.1) is 4.90 Å². The number of sulfonamides is 1. The monoisotopic (exact) mass is 478 g/mol. The lowest BCUT2D eigenvalue weighted by atomic mass is 10.0. The first-order valence-electron chi connectivity index (χ1n) is 9.40. The minimum atomic E-state index is -3.67. The van der Waals surface area contributed by atoms with E-state index in [-0.39, 0.29) is 16.2 Å². The summed E-state index contributed by atoms with van der Waals surface area (Å²) >= 11 is 3.32. The van der Waals surface area contributed by atoms with Crippen molar-refractivity contribution in [2.75, 3.05) is 18.4 Å². The molecule has 6 nitrogen and oxygen atoms in total. The smallest absolute Gasteiger partial charge is 0.255 e. The normalized spacial score (nSPS) is 15.8. The molecule has 0 unspecified atom stereocenters. The van der Waals surface area contributed by atoms with Crippen LogP contribution in [0.15, 0.2) is 51.8 Å². The standard InChI is InChI=1S/C21H23BrN2O4S/c1-14-7-9-24(10-8-14)29(27,28)20-12-17(11-18(22)13-20)21(26)23-19-5-3-16(4-6-19)15(2)25/h3-6,11-14H,7-10H2,1-2H3,(H,23,26). The van der Waals surface area contributed by atoms with Crippen molar-refractivity contribution in [1.82, 2.24) is 4.31 Å². The van der Waals surface area contributed by atoms with Crippen LogP contribution in [0.4, 0.5) is 5.69 Å². The fourth-order valence-electron chi connectivity index (χ4n) is 3.21. The highest BCUT2D eigenvalue weighted by atomic mass is 79.9. The van der Waals surface area contributed by atoms with Gasteiger partial charge in [-0.2, -0.15) is 4.31 Å². The number of carbonyl (C=O) groups is 2. The van der Waals surface area contributed by atoms with Gasteiger partial charge in [-0.3, -0.25) is 9.59 Å². The number of hydrogen-bond acceptors (Lipinski definition) is 4. The van der Waals surface area contributed by atoms with E-state index in [1.807, 2.05) is 0 Å². The van der Waals surface area contributed by atoms with E-state index in [0.717, 1.165) is 12.8 Å². The van der Waals surface area contributed by atoms with E-state index < -0.39 is 15.9 Å². The molecule has 1 amide bonds. The van der Waals surface area contributed by atoms with Crippen molar-refractivity contribution in [1.29, 1.82) is 0 Å². The molecule has 0 aromatic heterocycles. The quantitative estimate of drug-likeness (QED) is 0.648. The molecule has 2 aromatic rings. The Bertz CT molecular complexity index is 1030. The maximum absolute atomic E-state index is 13.0. The average molecular weight is 479 g/mol. The average Bonchev–Trinajstić information content (AvgIpc) is 2.68. The molecule has 0 bridgehead atoms. The molecule has 1 saturated heterocycles. The van der Waals surface area contributed by atoms with Gasteiger partial charge >= 0.3 is 0 Å². The van der Waals surface area contributed by atoms with Crippen molar-refractivity contribution >= 4 is 43.3 Å². The van der Waals surface area contributed by atoms with Crippen LogP contribution >= 0.6 is 15.9 Å². The Hall–Kier alpha value is -2.03. The molecule has 0 aliphatic carbocycles. The number of amides is 1. The number of piperidine rings is 1. The molecule has 1 aliphatic heterocycles. The number of halogens is 1. The van der Waals surface area contributed by atoms with E-state index in [2.05, 4.69) is 28.2 Å². The molecular weight excluding hydrogens is 456 g/mol. The zero-order valence-corrected chi connectivity index (χ0v) is 18.7. The van der Waals surface area contributed by atoms with Crippen LogP contribution in [0.5, 0.6) is 0 Å². The predicted molar refractivity (Wildman–Crippen MR) is 116 cm³/mol. The molecule has 0 spiro atoms. The zero-order valence-electron chi connectivity index (χ0n) is 16.3. The largest absolute Gasteiger partial charge is 0.322 e. The number of anilines is 1.